The van der Waals surface area contributed by atoms with Crippen molar-refractivity contribution >= 4 is 37.1 Å². The molecule has 0 aliphatic rings. The Morgan fingerprint density at radius 3 is 1.72 bits per heavy atom. The molecule has 2 aromatic carbocycles. The Hall–Kier alpha value is -2.68. The monoisotopic (exact) mass is 448 g/mol. The number of benzene rings is 2. The summed E-state index contributed by atoms with van der Waals surface area (Å²) in [6.07, 6.45) is 2.44. The fourth-order valence-corrected chi connectivity index (χ4v) is 6.45. The lowest BCUT2D eigenvalue weighted by molar-refractivity contribution is 0.595. The molecule has 0 spiro atoms. The fourth-order valence-electron chi connectivity index (χ4n) is 2.52. The van der Waals surface area contributed by atoms with Crippen LogP contribution in [0.25, 0.3) is 0 Å². The highest BCUT2D eigenvalue weighted by molar-refractivity contribution is 8.14. The van der Waals surface area contributed by atoms with Crippen molar-refractivity contribution in [3.63, 3.8) is 0 Å². The van der Waals surface area contributed by atoms with Crippen molar-refractivity contribution in [1.29, 1.82) is 0 Å². The highest BCUT2D eigenvalue weighted by atomic mass is 35.5. The van der Waals surface area contributed by atoms with Gasteiger partial charge >= 0.3 is 0 Å². The van der Waals surface area contributed by atoms with E-state index in [9.17, 15) is 16.8 Å². The van der Waals surface area contributed by atoms with Crippen LogP contribution in [0.3, 0.4) is 0 Å². The fraction of sp³-hybridized carbons (Fsp3) is 0.0500. The molecule has 0 saturated heterocycles. The molecule has 3 rings (SSSR count). The van der Waals surface area contributed by atoms with Crippen molar-refractivity contribution in [2.45, 2.75) is 9.79 Å². The van der Waals surface area contributed by atoms with E-state index in [1.54, 1.807) is 24.3 Å². The maximum absolute atomic E-state index is 13.3. The van der Waals surface area contributed by atoms with E-state index in [1.807, 2.05) is 0 Å². The number of hydrogen-bond donors (Lipinski definition) is 0. The van der Waals surface area contributed by atoms with E-state index in [0.29, 0.717) is 10.8 Å². The smallest absolute Gasteiger partial charge is 0.219 e. The van der Waals surface area contributed by atoms with E-state index in [2.05, 4.69) is 4.98 Å². The first-order chi connectivity index (χ1) is 13.7. The molecule has 29 heavy (non-hydrogen) atoms. The lowest BCUT2D eigenvalue weighted by atomic mass is 10.4. The topological polar surface area (TPSA) is 84.4 Å². The minimum atomic E-state index is -4.34. The average molecular weight is 449 g/mol. The van der Waals surface area contributed by atoms with Crippen LogP contribution < -0.4 is 4.90 Å². The molecule has 0 fully saturated rings. The second-order valence-electron chi connectivity index (χ2n) is 6.03. The zero-order valence-corrected chi connectivity index (χ0v) is 17.7. The van der Waals surface area contributed by atoms with Crippen LogP contribution in [0, 0.1) is 0 Å². The maximum atomic E-state index is 13.3. The highest BCUT2D eigenvalue weighted by Crippen LogP contribution is 2.30. The SMILES string of the molecule is CN(C=C(S(=O)(=O)c1ccccc1)S(=O)(=O)c1ccccc1)c1ccc(Cl)cn1. The Balaban J connectivity index is 2.21. The summed E-state index contributed by atoms with van der Waals surface area (Å²) in [4.78, 5) is 5.18. The number of sulfone groups is 2. The van der Waals surface area contributed by atoms with Crippen molar-refractivity contribution in [2.24, 2.45) is 0 Å². The highest BCUT2D eigenvalue weighted by Gasteiger charge is 2.34. The third-order valence-electron chi connectivity index (χ3n) is 4.01. The van der Waals surface area contributed by atoms with Crippen LogP contribution in [-0.2, 0) is 19.7 Å². The molecule has 0 radical (unpaired) electrons. The van der Waals surface area contributed by atoms with Crippen molar-refractivity contribution in [2.75, 3.05) is 11.9 Å². The Morgan fingerprint density at radius 1 is 0.828 bits per heavy atom. The van der Waals surface area contributed by atoms with Crippen LogP contribution in [0.2, 0.25) is 5.02 Å². The molecule has 1 heterocycles. The van der Waals surface area contributed by atoms with Gasteiger partial charge in [-0.3, -0.25) is 0 Å². The zero-order valence-electron chi connectivity index (χ0n) is 15.3. The molecule has 0 aliphatic carbocycles. The van der Waals surface area contributed by atoms with Crippen molar-refractivity contribution in [3.05, 3.63) is 94.5 Å². The quantitative estimate of drug-likeness (QED) is 0.568. The van der Waals surface area contributed by atoms with Crippen molar-refractivity contribution in [3.8, 4) is 0 Å². The lowest BCUT2D eigenvalue weighted by Crippen LogP contribution is -2.20. The van der Waals surface area contributed by atoms with Gasteiger partial charge in [0.25, 0.3) is 0 Å². The molecule has 0 amide bonds. The van der Waals surface area contributed by atoms with Crippen LogP contribution in [0.15, 0.2) is 99.2 Å². The van der Waals surface area contributed by atoms with Crippen LogP contribution in [0.1, 0.15) is 0 Å². The van der Waals surface area contributed by atoms with E-state index in [0.717, 1.165) is 6.20 Å². The second-order valence-corrected chi connectivity index (χ2v) is 10.6. The number of hydrogen-bond acceptors (Lipinski definition) is 6. The predicted octanol–water partition coefficient (Wildman–Crippen LogP) is 3.92. The summed E-state index contributed by atoms with van der Waals surface area (Å²) in [5.41, 5.74) is 0. The maximum Gasteiger partial charge on any atom is 0.219 e. The molecule has 0 unspecified atom stereocenters. The largest absolute Gasteiger partial charge is 0.334 e. The molecule has 150 valence electrons. The van der Waals surface area contributed by atoms with E-state index in [1.165, 1.54) is 66.7 Å². The molecule has 1 aromatic heterocycles. The standard InChI is InChI=1S/C20H17ClN2O4S2/c1-23(19-13-12-16(21)14-22-19)15-20(28(24,25)17-8-4-2-5-9-17)29(26,27)18-10-6-3-7-11-18/h2-15H,1H3. The number of rotatable bonds is 6. The summed E-state index contributed by atoms with van der Waals surface area (Å²) < 4.78 is 52.3. The summed E-state index contributed by atoms with van der Waals surface area (Å²) in [7, 11) is -7.17. The first-order valence-electron chi connectivity index (χ1n) is 8.39. The summed E-state index contributed by atoms with van der Waals surface area (Å²) in [5, 5.41) is 0.403. The van der Waals surface area contributed by atoms with Gasteiger partial charge in [0.15, 0.2) is 4.24 Å². The number of pyridine rings is 1. The molecule has 0 bridgehead atoms. The number of halogens is 1. The van der Waals surface area contributed by atoms with Gasteiger partial charge in [-0.1, -0.05) is 48.0 Å². The minimum Gasteiger partial charge on any atom is -0.334 e. The van der Waals surface area contributed by atoms with Crippen LogP contribution in [0.4, 0.5) is 5.82 Å². The van der Waals surface area contributed by atoms with Gasteiger partial charge in [-0.05, 0) is 36.4 Å². The van der Waals surface area contributed by atoms with Crippen LogP contribution >= 0.6 is 11.6 Å². The van der Waals surface area contributed by atoms with E-state index >= 15 is 0 Å². The van der Waals surface area contributed by atoms with Gasteiger partial charge in [0.1, 0.15) is 5.82 Å². The zero-order chi connectivity index (χ0) is 21.1. The molecule has 0 atom stereocenters. The third-order valence-corrected chi connectivity index (χ3v) is 8.60. The lowest BCUT2D eigenvalue weighted by Gasteiger charge is -2.17. The minimum absolute atomic E-state index is 0.122. The summed E-state index contributed by atoms with van der Waals surface area (Å²) >= 11 is 5.84. The Labute approximate surface area is 174 Å². The Kier molecular flexibility index (Phi) is 6.07. The molecule has 0 aliphatic heterocycles. The van der Waals surface area contributed by atoms with Crippen molar-refractivity contribution < 1.29 is 16.8 Å². The number of nitrogens with zero attached hydrogens (tertiary/aromatic N) is 2. The molecule has 9 heteroatoms. The number of aromatic nitrogens is 1. The van der Waals surface area contributed by atoms with Gasteiger partial charge in [0.2, 0.25) is 19.7 Å². The summed E-state index contributed by atoms with van der Waals surface area (Å²) in [6, 6.07) is 18.0. The van der Waals surface area contributed by atoms with Gasteiger partial charge in [-0.25, -0.2) is 21.8 Å². The van der Waals surface area contributed by atoms with Crippen LogP contribution in [-0.4, -0.2) is 28.9 Å². The van der Waals surface area contributed by atoms with Gasteiger partial charge in [-0.15, -0.1) is 0 Å². The third kappa shape index (κ3) is 4.50. The summed E-state index contributed by atoms with van der Waals surface area (Å²) in [5.74, 6) is 0.332. The Bertz CT molecular complexity index is 1160. The Morgan fingerprint density at radius 2 is 1.31 bits per heavy atom. The molecule has 0 N–H and O–H groups in total. The first-order valence-corrected chi connectivity index (χ1v) is 11.7. The molecule has 6 nitrogen and oxygen atoms in total. The first kappa shape index (κ1) is 21.0. The van der Waals surface area contributed by atoms with Gasteiger partial charge in [-0.2, -0.15) is 0 Å². The molecule has 0 saturated carbocycles. The van der Waals surface area contributed by atoms with Gasteiger partial charge < -0.3 is 4.90 Å². The van der Waals surface area contributed by atoms with E-state index < -0.39 is 23.9 Å². The van der Waals surface area contributed by atoms with Gasteiger partial charge in [0.05, 0.1) is 14.8 Å². The van der Waals surface area contributed by atoms with E-state index in [-0.39, 0.29) is 9.79 Å². The van der Waals surface area contributed by atoms with Gasteiger partial charge in [0, 0.05) is 19.4 Å². The number of anilines is 1. The normalized spacial score (nSPS) is 11.7. The summed E-state index contributed by atoms with van der Waals surface area (Å²) in [6.45, 7) is 0. The average Bonchev–Trinajstić information content (AvgIpc) is 2.73. The molecule has 3 aromatic rings. The second kappa shape index (κ2) is 8.36. The van der Waals surface area contributed by atoms with Crippen LogP contribution in [0.5, 0.6) is 0 Å². The predicted molar refractivity (Wildman–Crippen MR) is 113 cm³/mol. The molecular formula is C20H17ClN2O4S2. The molecular weight excluding hydrogens is 432 g/mol. The van der Waals surface area contributed by atoms with Crippen molar-refractivity contribution in [1.82, 2.24) is 4.98 Å². The van der Waals surface area contributed by atoms with E-state index in [4.69, 9.17) is 11.6 Å².